The molecule has 3 nitrogen and oxygen atoms in total. The molecule has 0 spiro atoms. The van der Waals surface area contributed by atoms with Gasteiger partial charge >= 0.3 is 0 Å². The summed E-state index contributed by atoms with van der Waals surface area (Å²) < 4.78 is 0. The van der Waals surface area contributed by atoms with Crippen molar-refractivity contribution in [3.05, 3.63) is 35.9 Å². The molecule has 1 aliphatic heterocycles. The maximum Gasteiger partial charge on any atom is 0.253 e. The zero-order chi connectivity index (χ0) is 12.3. The Kier molecular flexibility index (Phi) is 3.79. The Bertz CT molecular complexity index is 375. The molecule has 0 aliphatic carbocycles. The van der Waals surface area contributed by atoms with E-state index in [1.54, 1.807) is 0 Å². The Balaban J connectivity index is 2.05. The molecule has 2 unspecified atom stereocenters. The van der Waals surface area contributed by atoms with Gasteiger partial charge in [0, 0.05) is 24.7 Å². The lowest BCUT2D eigenvalue weighted by Gasteiger charge is -2.34. The molecule has 0 aromatic heterocycles. The van der Waals surface area contributed by atoms with E-state index in [0.717, 1.165) is 31.5 Å². The molecule has 2 atom stereocenters. The van der Waals surface area contributed by atoms with Gasteiger partial charge in [0.1, 0.15) is 0 Å². The Morgan fingerprint density at radius 1 is 1.41 bits per heavy atom. The zero-order valence-corrected chi connectivity index (χ0v) is 10.3. The third-order valence-corrected chi connectivity index (χ3v) is 3.51. The summed E-state index contributed by atoms with van der Waals surface area (Å²) in [5.74, 6) is 0.576. The summed E-state index contributed by atoms with van der Waals surface area (Å²) in [6.45, 7) is 3.68. The molecule has 3 heteroatoms. The van der Waals surface area contributed by atoms with E-state index in [1.807, 2.05) is 42.2 Å². The highest BCUT2D eigenvalue weighted by molar-refractivity contribution is 5.94. The minimum Gasteiger partial charge on any atom is -0.338 e. The van der Waals surface area contributed by atoms with E-state index in [4.69, 9.17) is 5.73 Å². The van der Waals surface area contributed by atoms with Crippen molar-refractivity contribution in [2.24, 2.45) is 11.7 Å². The molecule has 1 aromatic carbocycles. The van der Waals surface area contributed by atoms with Gasteiger partial charge in [-0.3, -0.25) is 4.79 Å². The smallest absolute Gasteiger partial charge is 0.253 e. The molecule has 2 rings (SSSR count). The predicted molar refractivity (Wildman–Crippen MR) is 68.7 cm³/mol. The minimum atomic E-state index is 0.135. The molecule has 1 aromatic rings. The van der Waals surface area contributed by atoms with Gasteiger partial charge in [0.2, 0.25) is 0 Å². The van der Waals surface area contributed by atoms with Crippen molar-refractivity contribution in [3.63, 3.8) is 0 Å². The van der Waals surface area contributed by atoms with Gasteiger partial charge < -0.3 is 10.6 Å². The van der Waals surface area contributed by atoms with Gasteiger partial charge in [0.25, 0.3) is 5.91 Å². The first-order valence-electron chi connectivity index (χ1n) is 6.28. The van der Waals surface area contributed by atoms with E-state index in [-0.39, 0.29) is 11.9 Å². The van der Waals surface area contributed by atoms with Gasteiger partial charge in [0.05, 0.1) is 0 Å². The van der Waals surface area contributed by atoms with Crippen LogP contribution in [0.2, 0.25) is 0 Å². The third kappa shape index (κ3) is 2.86. The summed E-state index contributed by atoms with van der Waals surface area (Å²) in [4.78, 5) is 14.2. The second-order valence-corrected chi connectivity index (χ2v) is 4.88. The fourth-order valence-electron chi connectivity index (χ4n) is 2.39. The van der Waals surface area contributed by atoms with Crippen LogP contribution in [0.5, 0.6) is 0 Å². The average Bonchev–Trinajstić information content (AvgIpc) is 2.39. The van der Waals surface area contributed by atoms with Crippen molar-refractivity contribution in [2.75, 3.05) is 13.1 Å². The molecule has 92 valence electrons. The Hall–Kier alpha value is -1.35. The molecule has 0 bridgehead atoms. The molecular formula is C14H20N2O. The minimum absolute atomic E-state index is 0.135. The monoisotopic (exact) mass is 232 g/mol. The van der Waals surface area contributed by atoms with Crippen LogP contribution >= 0.6 is 0 Å². The standard InChI is InChI=1S/C14H20N2O/c1-11(15)13-8-5-9-16(10-13)14(17)12-6-3-2-4-7-12/h2-4,6-7,11,13H,5,8-10,15H2,1H3. The van der Waals surface area contributed by atoms with Gasteiger partial charge in [-0.25, -0.2) is 0 Å². The number of amides is 1. The van der Waals surface area contributed by atoms with Crippen LogP contribution in [0.4, 0.5) is 0 Å². The van der Waals surface area contributed by atoms with Crippen LogP contribution in [0.1, 0.15) is 30.1 Å². The van der Waals surface area contributed by atoms with Crippen molar-refractivity contribution < 1.29 is 4.79 Å². The number of rotatable bonds is 2. The Morgan fingerprint density at radius 3 is 2.76 bits per heavy atom. The van der Waals surface area contributed by atoms with Gasteiger partial charge in [-0.2, -0.15) is 0 Å². The lowest BCUT2D eigenvalue weighted by Crippen LogP contribution is -2.45. The maximum atomic E-state index is 12.3. The van der Waals surface area contributed by atoms with Crippen LogP contribution in [0.15, 0.2) is 30.3 Å². The highest BCUT2D eigenvalue weighted by Gasteiger charge is 2.26. The fourth-order valence-corrected chi connectivity index (χ4v) is 2.39. The quantitative estimate of drug-likeness (QED) is 0.846. The van der Waals surface area contributed by atoms with Crippen molar-refractivity contribution in [2.45, 2.75) is 25.8 Å². The number of carbonyl (C=O) groups is 1. The van der Waals surface area contributed by atoms with Crippen molar-refractivity contribution in [1.82, 2.24) is 4.90 Å². The number of likely N-dealkylation sites (tertiary alicyclic amines) is 1. The number of hydrogen-bond acceptors (Lipinski definition) is 2. The lowest BCUT2D eigenvalue weighted by molar-refractivity contribution is 0.0661. The van der Waals surface area contributed by atoms with Gasteiger partial charge in [0.15, 0.2) is 0 Å². The molecule has 17 heavy (non-hydrogen) atoms. The van der Waals surface area contributed by atoms with Crippen LogP contribution in [0.3, 0.4) is 0 Å². The lowest BCUT2D eigenvalue weighted by atomic mass is 9.92. The number of nitrogens with zero attached hydrogens (tertiary/aromatic N) is 1. The Labute approximate surface area is 103 Å². The molecule has 1 heterocycles. The fraction of sp³-hybridized carbons (Fsp3) is 0.500. The molecular weight excluding hydrogens is 212 g/mol. The topological polar surface area (TPSA) is 46.3 Å². The summed E-state index contributed by atoms with van der Waals surface area (Å²) in [7, 11) is 0. The van der Waals surface area contributed by atoms with Crippen molar-refractivity contribution in [1.29, 1.82) is 0 Å². The van der Waals surface area contributed by atoms with Crippen LogP contribution in [0, 0.1) is 5.92 Å². The van der Waals surface area contributed by atoms with Crippen LogP contribution < -0.4 is 5.73 Å². The van der Waals surface area contributed by atoms with Gasteiger partial charge in [-0.05, 0) is 37.8 Å². The summed E-state index contributed by atoms with van der Waals surface area (Å²) in [6, 6.07) is 9.65. The first kappa shape index (κ1) is 12.1. The van der Waals surface area contributed by atoms with E-state index in [0.29, 0.717) is 5.92 Å². The van der Waals surface area contributed by atoms with Crippen molar-refractivity contribution in [3.8, 4) is 0 Å². The number of benzene rings is 1. The first-order valence-corrected chi connectivity index (χ1v) is 6.28. The molecule has 0 radical (unpaired) electrons. The van der Waals surface area contributed by atoms with Gasteiger partial charge in [-0.15, -0.1) is 0 Å². The molecule has 0 saturated carbocycles. The second kappa shape index (κ2) is 5.32. The van der Waals surface area contributed by atoms with E-state index in [9.17, 15) is 4.79 Å². The molecule has 1 saturated heterocycles. The highest BCUT2D eigenvalue weighted by atomic mass is 16.2. The SMILES string of the molecule is CC(N)C1CCCN(C(=O)c2ccccc2)C1. The largest absolute Gasteiger partial charge is 0.338 e. The van der Waals surface area contributed by atoms with Crippen LogP contribution in [-0.2, 0) is 0 Å². The number of carbonyl (C=O) groups excluding carboxylic acids is 1. The number of hydrogen-bond donors (Lipinski definition) is 1. The number of piperidine rings is 1. The van der Waals surface area contributed by atoms with E-state index in [1.165, 1.54) is 0 Å². The van der Waals surface area contributed by atoms with Crippen LogP contribution in [-0.4, -0.2) is 29.9 Å². The molecule has 1 amide bonds. The van der Waals surface area contributed by atoms with Gasteiger partial charge in [-0.1, -0.05) is 18.2 Å². The van der Waals surface area contributed by atoms with Crippen LogP contribution in [0.25, 0.3) is 0 Å². The Morgan fingerprint density at radius 2 is 2.12 bits per heavy atom. The number of nitrogens with two attached hydrogens (primary N) is 1. The summed E-state index contributed by atoms with van der Waals surface area (Å²) in [5, 5.41) is 0. The second-order valence-electron chi connectivity index (χ2n) is 4.88. The summed E-state index contributed by atoms with van der Waals surface area (Å²) >= 11 is 0. The first-order chi connectivity index (χ1) is 8.18. The van der Waals surface area contributed by atoms with E-state index in [2.05, 4.69) is 0 Å². The van der Waals surface area contributed by atoms with E-state index >= 15 is 0 Å². The highest BCUT2D eigenvalue weighted by Crippen LogP contribution is 2.20. The molecule has 1 fully saturated rings. The summed E-state index contributed by atoms with van der Waals surface area (Å²) in [5.41, 5.74) is 6.71. The zero-order valence-electron chi connectivity index (χ0n) is 10.3. The maximum absolute atomic E-state index is 12.3. The predicted octanol–water partition coefficient (Wildman–Crippen LogP) is 1.89. The summed E-state index contributed by atoms with van der Waals surface area (Å²) in [6.07, 6.45) is 2.20. The average molecular weight is 232 g/mol. The van der Waals surface area contributed by atoms with Crippen molar-refractivity contribution >= 4 is 5.91 Å². The third-order valence-electron chi connectivity index (χ3n) is 3.51. The van der Waals surface area contributed by atoms with E-state index < -0.39 is 0 Å². The normalized spacial score (nSPS) is 22.2. The molecule has 2 N–H and O–H groups in total. The molecule has 1 aliphatic rings.